The van der Waals surface area contributed by atoms with Gasteiger partial charge in [-0.05, 0) is 55.7 Å². The maximum Gasteiger partial charge on any atom is 0.326 e. The molecule has 4 unspecified atom stereocenters. The third-order valence-electron chi connectivity index (χ3n) is 6.11. The predicted molar refractivity (Wildman–Crippen MR) is 158 cm³/mol. The molecule has 4 atom stereocenters. The van der Waals surface area contributed by atoms with Crippen molar-refractivity contribution in [2.24, 2.45) is 44.6 Å². The largest absolute Gasteiger partial charge is 0.508 e. The molecule has 16 nitrogen and oxygen atoms in total. The maximum atomic E-state index is 13.3. The van der Waals surface area contributed by atoms with Crippen LogP contribution >= 0.6 is 0 Å². The van der Waals surface area contributed by atoms with Gasteiger partial charge in [0.25, 0.3) is 0 Å². The third-order valence-corrected chi connectivity index (χ3v) is 6.11. The zero-order valence-electron chi connectivity index (χ0n) is 24.0. The summed E-state index contributed by atoms with van der Waals surface area (Å²) in [7, 11) is 0. The van der Waals surface area contributed by atoms with Crippen molar-refractivity contribution < 1.29 is 29.4 Å². The van der Waals surface area contributed by atoms with E-state index in [1.54, 1.807) is 26.0 Å². The van der Waals surface area contributed by atoms with Crippen LogP contribution in [0.4, 0.5) is 0 Å². The minimum atomic E-state index is -1.27. The van der Waals surface area contributed by atoms with Crippen molar-refractivity contribution in [3.05, 3.63) is 29.8 Å². The molecular formula is C26H44N10O6. The van der Waals surface area contributed by atoms with Gasteiger partial charge in [0.15, 0.2) is 11.9 Å². The standard InChI is InChI=1S/C26H44N10O6/c1-14(2)20(36-21(38)17(27)13-15-7-9-16(37)10-8-15)23(40)34-18(5-3-11-32-25(28)29)22(39)35-19(24(41)42)6-4-12-33-26(30)31/h7-10,14,17-20,37H,3-6,11-13,27H2,1-2H3,(H,34,40)(H,35,39)(H,36,38)(H,41,42)(H4,28,29,32)(H4,30,31,33). The molecule has 0 radical (unpaired) electrons. The number of phenolic OH excluding ortho intramolecular Hbond substituents is 1. The van der Waals surface area contributed by atoms with E-state index in [1.165, 1.54) is 12.1 Å². The molecule has 0 aliphatic rings. The Balaban J connectivity index is 2.98. The molecule has 0 heterocycles. The molecule has 1 aromatic carbocycles. The molecule has 16 heteroatoms. The van der Waals surface area contributed by atoms with Crippen LogP contribution in [0, 0.1) is 5.92 Å². The normalized spacial score (nSPS) is 13.6. The number of amides is 3. The summed E-state index contributed by atoms with van der Waals surface area (Å²) in [6, 6.07) is 1.75. The van der Waals surface area contributed by atoms with Gasteiger partial charge in [0.2, 0.25) is 17.7 Å². The molecule has 234 valence electrons. The van der Waals surface area contributed by atoms with E-state index in [0.29, 0.717) is 5.56 Å². The van der Waals surface area contributed by atoms with E-state index >= 15 is 0 Å². The number of rotatable bonds is 18. The lowest BCUT2D eigenvalue weighted by Crippen LogP contribution is -2.58. The summed E-state index contributed by atoms with van der Waals surface area (Å²) in [6.45, 7) is 3.76. The van der Waals surface area contributed by atoms with E-state index in [-0.39, 0.29) is 68.8 Å². The molecule has 15 N–H and O–H groups in total. The Hall–Kier alpha value is -4.60. The zero-order valence-corrected chi connectivity index (χ0v) is 24.0. The van der Waals surface area contributed by atoms with Crippen LogP contribution < -0.4 is 44.6 Å². The van der Waals surface area contributed by atoms with Crippen molar-refractivity contribution in [3.8, 4) is 5.75 Å². The summed E-state index contributed by atoms with van der Waals surface area (Å²) in [5.74, 6) is -3.84. The Morgan fingerprint density at radius 2 is 1.29 bits per heavy atom. The first-order valence-electron chi connectivity index (χ1n) is 13.5. The number of carboxylic acids is 1. The number of aliphatic carboxylic acids is 1. The van der Waals surface area contributed by atoms with Gasteiger partial charge in [-0.1, -0.05) is 26.0 Å². The van der Waals surface area contributed by atoms with E-state index in [1.807, 2.05) is 0 Å². The average molecular weight is 593 g/mol. The Morgan fingerprint density at radius 1 is 0.786 bits per heavy atom. The molecule has 0 saturated heterocycles. The maximum absolute atomic E-state index is 13.3. The van der Waals surface area contributed by atoms with Crippen LogP contribution in [-0.2, 0) is 25.6 Å². The quantitative estimate of drug-likeness (QED) is 0.0485. The van der Waals surface area contributed by atoms with Gasteiger partial charge in [-0.25, -0.2) is 4.79 Å². The molecule has 0 spiro atoms. The molecule has 0 fully saturated rings. The van der Waals surface area contributed by atoms with E-state index in [2.05, 4.69) is 25.9 Å². The minimum absolute atomic E-state index is 0.0378. The topological polar surface area (TPSA) is 300 Å². The number of hydrogen-bond donors (Lipinski definition) is 10. The monoisotopic (exact) mass is 592 g/mol. The van der Waals surface area contributed by atoms with Gasteiger partial charge in [-0.3, -0.25) is 24.4 Å². The SMILES string of the molecule is CC(C)C(NC(=O)C(N)Cc1ccc(O)cc1)C(=O)NC(CCCN=C(N)N)C(=O)NC(CCCN=C(N)N)C(=O)O. The summed E-state index contributed by atoms with van der Waals surface area (Å²) >= 11 is 0. The Morgan fingerprint density at radius 3 is 1.76 bits per heavy atom. The summed E-state index contributed by atoms with van der Waals surface area (Å²) in [4.78, 5) is 58.7. The molecule has 0 bridgehead atoms. The van der Waals surface area contributed by atoms with Gasteiger partial charge in [0, 0.05) is 13.1 Å². The summed E-state index contributed by atoms with van der Waals surface area (Å²) in [6.07, 6.45) is 0.843. The molecule has 1 aromatic rings. The summed E-state index contributed by atoms with van der Waals surface area (Å²) < 4.78 is 0. The molecule has 1 rings (SSSR count). The lowest BCUT2D eigenvalue weighted by molar-refractivity contribution is -0.142. The predicted octanol–water partition coefficient (Wildman–Crippen LogP) is -2.44. The number of aliphatic imine (C=N–C) groups is 2. The number of carbonyl (C=O) groups is 4. The molecule has 3 amide bonds. The molecule has 0 aliphatic heterocycles. The number of aromatic hydroxyl groups is 1. The third kappa shape index (κ3) is 13.6. The highest BCUT2D eigenvalue weighted by Gasteiger charge is 2.31. The van der Waals surface area contributed by atoms with Gasteiger partial charge in [-0.2, -0.15) is 0 Å². The average Bonchev–Trinajstić information content (AvgIpc) is 2.90. The van der Waals surface area contributed by atoms with Gasteiger partial charge >= 0.3 is 5.97 Å². The van der Waals surface area contributed by atoms with Crippen LogP contribution in [0.25, 0.3) is 0 Å². The second kappa shape index (κ2) is 18.0. The summed E-state index contributed by atoms with van der Waals surface area (Å²) in [5.41, 5.74) is 28.0. The van der Waals surface area contributed by atoms with Crippen LogP contribution in [0.15, 0.2) is 34.3 Å². The smallest absolute Gasteiger partial charge is 0.326 e. The molecule has 42 heavy (non-hydrogen) atoms. The van der Waals surface area contributed by atoms with E-state index < -0.39 is 47.9 Å². The van der Waals surface area contributed by atoms with Crippen LogP contribution in [0.5, 0.6) is 5.75 Å². The van der Waals surface area contributed by atoms with Crippen molar-refractivity contribution in [3.63, 3.8) is 0 Å². The molecule has 0 aliphatic carbocycles. The Bertz CT molecular complexity index is 1100. The second-order valence-corrected chi connectivity index (χ2v) is 10.1. The number of nitrogens with two attached hydrogens (primary N) is 5. The molecule has 0 saturated carbocycles. The van der Waals surface area contributed by atoms with Crippen molar-refractivity contribution >= 4 is 35.6 Å². The number of nitrogens with one attached hydrogen (secondary N) is 3. The van der Waals surface area contributed by atoms with Gasteiger partial charge in [0.1, 0.15) is 23.9 Å². The lowest BCUT2D eigenvalue weighted by atomic mass is 10.00. The van der Waals surface area contributed by atoms with Crippen LogP contribution in [0.3, 0.4) is 0 Å². The number of carboxylic acid groups (broad SMARTS) is 1. The number of hydrogen-bond acceptors (Lipinski definition) is 8. The van der Waals surface area contributed by atoms with Gasteiger partial charge < -0.3 is 54.8 Å². The fraction of sp³-hybridized carbons (Fsp3) is 0.538. The van der Waals surface area contributed by atoms with Crippen LogP contribution in [0.1, 0.15) is 45.1 Å². The zero-order chi connectivity index (χ0) is 31.8. The van der Waals surface area contributed by atoms with Crippen LogP contribution in [0.2, 0.25) is 0 Å². The molecule has 0 aromatic heterocycles. The minimum Gasteiger partial charge on any atom is -0.508 e. The first-order chi connectivity index (χ1) is 19.7. The van der Waals surface area contributed by atoms with E-state index in [4.69, 9.17) is 28.7 Å². The number of guanidine groups is 2. The van der Waals surface area contributed by atoms with Crippen molar-refractivity contribution in [1.82, 2.24) is 16.0 Å². The molecular weight excluding hydrogens is 548 g/mol. The van der Waals surface area contributed by atoms with Crippen molar-refractivity contribution in [2.75, 3.05) is 13.1 Å². The second-order valence-electron chi connectivity index (χ2n) is 10.1. The van der Waals surface area contributed by atoms with E-state index in [0.717, 1.165) is 0 Å². The van der Waals surface area contributed by atoms with Crippen LogP contribution in [-0.4, -0.2) is 83.1 Å². The Kier molecular flexibility index (Phi) is 15.1. The first kappa shape index (κ1) is 35.4. The number of carbonyl (C=O) groups excluding carboxylic acids is 3. The highest BCUT2D eigenvalue weighted by molar-refractivity contribution is 5.94. The fourth-order valence-corrected chi connectivity index (χ4v) is 3.84. The van der Waals surface area contributed by atoms with E-state index in [9.17, 15) is 29.4 Å². The number of phenols is 1. The number of nitrogens with zero attached hydrogens (tertiary/aromatic N) is 2. The highest BCUT2D eigenvalue weighted by atomic mass is 16.4. The van der Waals surface area contributed by atoms with Crippen molar-refractivity contribution in [2.45, 2.75) is 70.1 Å². The lowest BCUT2D eigenvalue weighted by Gasteiger charge is -2.27. The van der Waals surface area contributed by atoms with Crippen molar-refractivity contribution in [1.29, 1.82) is 0 Å². The number of benzene rings is 1. The van der Waals surface area contributed by atoms with Gasteiger partial charge in [0.05, 0.1) is 6.04 Å². The highest BCUT2D eigenvalue weighted by Crippen LogP contribution is 2.12. The fourth-order valence-electron chi connectivity index (χ4n) is 3.84. The first-order valence-corrected chi connectivity index (χ1v) is 13.5. The van der Waals surface area contributed by atoms with Gasteiger partial charge in [-0.15, -0.1) is 0 Å². The Labute approximate surface area is 244 Å². The summed E-state index contributed by atoms with van der Waals surface area (Å²) in [5, 5.41) is 26.7.